The molecule has 3 aromatic heterocycles. The van der Waals surface area contributed by atoms with Gasteiger partial charge in [0.05, 0.1) is 40.7 Å². The number of carboxylic acid groups (broad SMARTS) is 1. The average Bonchev–Trinajstić information content (AvgIpc) is 3.72. The molecular weight excluding hydrogens is 666 g/mol. The zero-order valence-electron chi connectivity index (χ0n) is 26.7. The van der Waals surface area contributed by atoms with Crippen molar-refractivity contribution >= 4 is 62.8 Å². The van der Waals surface area contributed by atoms with Crippen LogP contribution in [0.2, 0.25) is 5.02 Å². The van der Waals surface area contributed by atoms with Crippen molar-refractivity contribution in [2.24, 2.45) is 14.1 Å². The lowest BCUT2D eigenvalue weighted by Gasteiger charge is -2.17. The first kappa shape index (κ1) is 31.2. The highest BCUT2D eigenvalue weighted by Gasteiger charge is 2.30. The number of nitrogens with zero attached hydrogens (tertiary/aromatic N) is 5. The minimum Gasteiger partial charge on any atom is -0.493 e. The maximum Gasteiger partial charge on any atom is 0.352 e. The van der Waals surface area contributed by atoms with Crippen molar-refractivity contribution in [3.05, 3.63) is 88.0 Å². The molecule has 0 fully saturated rings. The van der Waals surface area contributed by atoms with Crippen molar-refractivity contribution in [3.63, 3.8) is 0 Å². The van der Waals surface area contributed by atoms with Crippen LogP contribution in [0.15, 0.2) is 59.5 Å². The van der Waals surface area contributed by atoms with E-state index in [9.17, 15) is 9.90 Å². The van der Waals surface area contributed by atoms with Gasteiger partial charge in [-0.1, -0.05) is 41.9 Å². The lowest BCUT2D eigenvalue weighted by molar-refractivity contribution is 0.0685. The van der Waals surface area contributed by atoms with Gasteiger partial charge in [0.2, 0.25) is 5.88 Å². The molecule has 8 rings (SSSR count). The van der Waals surface area contributed by atoms with E-state index in [1.807, 2.05) is 47.7 Å². The molecule has 246 valence electrons. The fourth-order valence-corrected chi connectivity index (χ4v) is 9.04. The van der Waals surface area contributed by atoms with Crippen LogP contribution in [0, 0.1) is 0 Å². The maximum atomic E-state index is 12.8. The molecule has 0 saturated carbocycles. The number of hydrogen-bond acceptors (Lipinski definition) is 7. The average molecular weight is 700 g/mol. The first-order valence-electron chi connectivity index (χ1n) is 16.0. The summed E-state index contributed by atoms with van der Waals surface area (Å²) in [6.45, 7) is 1.77. The maximum absolute atomic E-state index is 12.8. The van der Waals surface area contributed by atoms with Crippen molar-refractivity contribution in [2.75, 3.05) is 13.2 Å². The fraction of sp³-hybridized carbons (Fsp3) is 0.306. The molecule has 48 heavy (non-hydrogen) atoms. The topological polar surface area (TPSA) is 96.3 Å². The summed E-state index contributed by atoms with van der Waals surface area (Å²) in [6, 6.07) is 18.6. The number of ether oxygens (including phenoxy) is 2. The zero-order chi connectivity index (χ0) is 32.9. The van der Waals surface area contributed by atoms with E-state index in [0.29, 0.717) is 48.5 Å². The number of halogens is 1. The fourth-order valence-electron chi connectivity index (χ4n) is 6.96. The number of benzene rings is 3. The minimum atomic E-state index is -0.976. The molecule has 0 saturated heterocycles. The number of aromatic nitrogens is 5. The third-order valence-corrected chi connectivity index (χ3v) is 11.4. The van der Waals surface area contributed by atoms with Gasteiger partial charge >= 0.3 is 5.97 Å². The van der Waals surface area contributed by atoms with Gasteiger partial charge in [0, 0.05) is 71.2 Å². The summed E-state index contributed by atoms with van der Waals surface area (Å²) < 4.78 is 18.4. The van der Waals surface area contributed by atoms with E-state index in [0.717, 1.165) is 84.8 Å². The molecular formula is C36H34ClN5O4S2. The van der Waals surface area contributed by atoms with E-state index in [2.05, 4.69) is 30.3 Å². The second-order valence-electron chi connectivity index (χ2n) is 12.2. The van der Waals surface area contributed by atoms with Crippen molar-refractivity contribution in [1.29, 1.82) is 0 Å². The third kappa shape index (κ3) is 5.51. The first-order valence-corrected chi connectivity index (χ1v) is 18.5. The van der Waals surface area contributed by atoms with Crippen LogP contribution in [-0.2, 0) is 44.3 Å². The van der Waals surface area contributed by atoms with Crippen LogP contribution < -0.4 is 9.47 Å². The molecule has 0 amide bonds. The number of fused-ring (bicyclic) bond motifs is 10. The predicted octanol–water partition coefficient (Wildman–Crippen LogP) is 8.11. The Morgan fingerprint density at radius 2 is 1.79 bits per heavy atom. The van der Waals surface area contributed by atoms with Crippen LogP contribution in [0.4, 0.5) is 0 Å². The number of carbonyl (C=O) groups is 1. The SMILES string of the molecule is Cn1nc2cc1CSc1cc(c3ccccc3c1)OCCCc1c(C(=O)O)n(C)c3c(c(Cl)ccc13)-c1c(nn3c1OCCC3)CSC2. The number of aryl methyl sites for hydroxylation is 4. The second kappa shape index (κ2) is 12.8. The van der Waals surface area contributed by atoms with Crippen LogP contribution in [0.25, 0.3) is 32.8 Å². The molecule has 0 radical (unpaired) electrons. The summed E-state index contributed by atoms with van der Waals surface area (Å²) in [6.07, 6.45) is 2.03. The zero-order valence-corrected chi connectivity index (χ0v) is 29.1. The predicted molar refractivity (Wildman–Crippen MR) is 192 cm³/mol. The quantitative estimate of drug-likeness (QED) is 0.184. The summed E-state index contributed by atoms with van der Waals surface area (Å²) in [7, 11) is 3.81. The normalized spacial score (nSPS) is 15.4. The molecule has 9 nitrogen and oxygen atoms in total. The largest absolute Gasteiger partial charge is 0.493 e. The van der Waals surface area contributed by atoms with Gasteiger partial charge in [-0.3, -0.25) is 4.68 Å². The van der Waals surface area contributed by atoms with Crippen LogP contribution in [0.1, 0.15) is 46.0 Å². The van der Waals surface area contributed by atoms with E-state index >= 15 is 0 Å². The van der Waals surface area contributed by atoms with E-state index in [-0.39, 0.29) is 5.69 Å². The number of hydrogen-bond donors (Lipinski definition) is 1. The first-order chi connectivity index (χ1) is 23.4. The van der Waals surface area contributed by atoms with Gasteiger partial charge in [-0.15, -0.1) is 23.5 Å². The van der Waals surface area contributed by atoms with Crippen molar-refractivity contribution in [2.45, 2.75) is 48.0 Å². The van der Waals surface area contributed by atoms with E-state index < -0.39 is 5.97 Å². The van der Waals surface area contributed by atoms with Gasteiger partial charge in [0.25, 0.3) is 0 Å². The van der Waals surface area contributed by atoms with Gasteiger partial charge in [-0.05, 0) is 48.1 Å². The summed E-state index contributed by atoms with van der Waals surface area (Å²) in [5.74, 6) is 2.64. The monoisotopic (exact) mass is 699 g/mol. The van der Waals surface area contributed by atoms with Gasteiger partial charge in [0.15, 0.2) is 0 Å². The van der Waals surface area contributed by atoms with Gasteiger partial charge in [-0.2, -0.15) is 10.2 Å². The van der Waals surface area contributed by atoms with Crippen molar-refractivity contribution in [1.82, 2.24) is 24.1 Å². The molecule has 2 aliphatic rings. The smallest absolute Gasteiger partial charge is 0.352 e. The molecule has 5 heterocycles. The highest BCUT2D eigenvalue weighted by Crippen LogP contribution is 2.46. The number of rotatable bonds is 1. The summed E-state index contributed by atoms with van der Waals surface area (Å²) in [5, 5.41) is 23.9. The van der Waals surface area contributed by atoms with Gasteiger partial charge < -0.3 is 19.1 Å². The van der Waals surface area contributed by atoms with Crippen LogP contribution in [-0.4, -0.2) is 48.4 Å². The van der Waals surface area contributed by atoms with Gasteiger partial charge in [0.1, 0.15) is 11.4 Å². The Morgan fingerprint density at radius 1 is 0.938 bits per heavy atom. The summed E-state index contributed by atoms with van der Waals surface area (Å²) in [4.78, 5) is 13.9. The summed E-state index contributed by atoms with van der Waals surface area (Å²) in [5.41, 5.74) is 6.40. The number of thioether (sulfide) groups is 2. The van der Waals surface area contributed by atoms with Crippen LogP contribution >= 0.6 is 35.1 Å². The minimum absolute atomic E-state index is 0.253. The van der Waals surface area contributed by atoms with E-state index in [4.69, 9.17) is 31.3 Å². The molecule has 8 bridgehead atoms. The Bertz CT molecular complexity index is 2220. The Kier molecular flexibility index (Phi) is 8.30. The molecule has 12 heteroatoms. The standard InChI is InChI=1S/C36H34ClN5O4S2/c1-40-33-27-10-11-28(37)31(33)32-29(39-42-12-6-14-46-35(32)42)20-47-18-22-16-23(41(2)38-22)19-48-24-15-21-7-3-4-8-25(21)30(17-24)45-13-5-9-26(27)34(40)36(43)44/h3-4,7-8,10-11,15-17H,5-6,9,12-14,18-20H2,1-2H3,(H,43,44). The number of carboxylic acids is 1. The second-order valence-corrected chi connectivity index (χ2v) is 14.6. The molecule has 0 spiro atoms. The molecule has 1 N–H and O–H groups in total. The molecule has 6 aromatic rings. The third-order valence-electron chi connectivity index (χ3n) is 9.12. The van der Waals surface area contributed by atoms with Crippen LogP contribution in [0.3, 0.4) is 0 Å². The lowest BCUT2D eigenvalue weighted by atomic mass is 9.99. The molecule has 0 unspecified atom stereocenters. The van der Waals surface area contributed by atoms with Crippen molar-refractivity contribution in [3.8, 4) is 22.8 Å². The Hall–Kier alpha value is -4.06. The molecule has 0 atom stereocenters. The lowest BCUT2D eigenvalue weighted by Crippen LogP contribution is -2.15. The Labute approximate surface area is 291 Å². The van der Waals surface area contributed by atoms with Gasteiger partial charge in [-0.25, -0.2) is 9.48 Å². The number of aromatic carboxylic acids is 1. The highest BCUT2D eigenvalue weighted by atomic mass is 35.5. The summed E-state index contributed by atoms with van der Waals surface area (Å²) >= 11 is 10.5. The molecule has 2 aliphatic heterocycles. The van der Waals surface area contributed by atoms with E-state index in [1.54, 1.807) is 28.1 Å². The Morgan fingerprint density at radius 3 is 2.67 bits per heavy atom. The molecule has 3 aromatic carbocycles. The van der Waals surface area contributed by atoms with Crippen molar-refractivity contribution < 1.29 is 19.4 Å². The van der Waals surface area contributed by atoms with E-state index in [1.165, 1.54) is 0 Å². The molecule has 0 aliphatic carbocycles. The highest BCUT2D eigenvalue weighted by molar-refractivity contribution is 7.98. The Balaban J connectivity index is 1.27. The van der Waals surface area contributed by atoms with Crippen LogP contribution in [0.5, 0.6) is 11.6 Å².